The molecule has 0 bridgehead atoms. The summed E-state index contributed by atoms with van der Waals surface area (Å²) in [4.78, 5) is 0. The van der Waals surface area contributed by atoms with Gasteiger partial charge >= 0.3 is 0 Å². The summed E-state index contributed by atoms with van der Waals surface area (Å²) in [7, 11) is 0. The van der Waals surface area contributed by atoms with Crippen molar-refractivity contribution in [3.63, 3.8) is 0 Å². The van der Waals surface area contributed by atoms with Crippen LogP contribution in [0.5, 0.6) is 11.5 Å². The summed E-state index contributed by atoms with van der Waals surface area (Å²) in [5.74, 6) is 1.23. The maximum absolute atomic E-state index is 10.7. The maximum Gasteiger partial charge on any atom is 0.161 e. The predicted molar refractivity (Wildman–Crippen MR) is 92.7 cm³/mol. The number of nitrogens with one attached hydrogen (secondary N) is 1. The Bertz CT molecular complexity index is 679. The van der Waals surface area contributed by atoms with Crippen LogP contribution in [0.2, 0.25) is 0 Å². The summed E-state index contributed by atoms with van der Waals surface area (Å²) in [5, 5.41) is 33.2. The van der Waals surface area contributed by atoms with Gasteiger partial charge in [-0.3, -0.25) is 0 Å². The van der Waals surface area contributed by atoms with Gasteiger partial charge in [0.25, 0.3) is 0 Å². The Morgan fingerprint density at radius 2 is 1.60 bits per heavy atom. The van der Waals surface area contributed by atoms with Gasteiger partial charge in [-0.15, -0.1) is 0 Å². The van der Waals surface area contributed by atoms with Crippen molar-refractivity contribution in [1.82, 2.24) is 5.32 Å². The second kappa shape index (κ2) is 8.31. The molecule has 2 aromatic carbocycles. The average Bonchev–Trinajstić information content (AvgIpc) is 2.69. The fourth-order valence-corrected chi connectivity index (χ4v) is 2.92. The highest BCUT2D eigenvalue weighted by Gasteiger charge is 2.25. The number of benzene rings is 2. The molecule has 0 saturated carbocycles. The zero-order chi connectivity index (χ0) is 17.6. The molecule has 0 radical (unpaired) electrons. The zero-order valence-corrected chi connectivity index (χ0v) is 13.8. The number of rotatable bonds is 7. The quantitative estimate of drug-likeness (QED) is 0.602. The molecule has 3 rings (SSSR count). The van der Waals surface area contributed by atoms with Gasteiger partial charge in [0.05, 0.1) is 31.4 Å². The van der Waals surface area contributed by atoms with Crippen LogP contribution in [0, 0.1) is 0 Å². The average molecular weight is 345 g/mol. The molecule has 0 aliphatic carbocycles. The van der Waals surface area contributed by atoms with E-state index in [9.17, 15) is 15.3 Å². The molecule has 0 unspecified atom stereocenters. The minimum absolute atomic E-state index is 0.144. The minimum Gasteiger partial charge on any atom is -0.486 e. The van der Waals surface area contributed by atoms with Crippen LogP contribution in [-0.4, -0.2) is 47.8 Å². The lowest BCUT2D eigenvalue weighted by Gasteiger charge is -2.28. The number of hydrogen-bond donors (Lipinski definition) is 4. The van der Waals surface area contributed by atoms with Crippen LogP contribution in [0.15, 0.2) is 48.5 Å². The van der Waals surface area contributed by atoms with E-state index in [4.69, 9.17) is 9.47 Å². The van der Waals surface area contributed by atoms with E-state index in [1.54, 1.807) is 18.2 Å². The fraction of sp³-hybridized carbons (Fsp3) is 0.368. The van der Waals surface area contributed by atoms with Gasteiger partial charge in [-0.1, -0.05) is 36.4 Å². The van der Waals surface area contributed by atoms with E-state index in [1.807, 2.05) is 30.3 Å². The topological polar surface area (TPSA) is 91.2 Å². The fourth-order valence-electron chi connectivity index (χ4n) is 2.92. The van der Waals surface area contributed by atoms with Gasteiger partial charge < -0.3 is 30.1 Å². The third-order valence-electron chi connectivity index (χ3n) is 4.29. The maximum atomic E-state index is 10.7. The molecule has 0 saturated heterocycles. The van der Waals surface area contributed by atoms with Crippen LogP contribution in [0.4, 0.5) is 0 Å². The Labute approximate surface area is 146 Å². The van der Waals surface area contributed by atoms with Crippen LogP contribution in [-0.2, 0) is 0 Å². The third kappa shape index (κ3) is 4.11. The van der Waals surface area contributed by atoms with Crippen LogP contribution < -0.4 is 14.8 Å². The Morgan fingerprint density at radius 1 is 0.880 bits per heavy atom. The SMILES string of the molecule is OC[C@@H](N[C@H](CO)[C@H](O)c1ccc2c(c1)OCCO2)c1ccccc1. The number of aliphatic hydroxyl groups is 3. The molecule has 2 aromatic rings. The van der Waals surface area contributed by atoms with Crippen molar-refractivity contribution in [3.05, 3.63) is 59.7 Å². The summed E-state index contributed by atoms with van der Waals surface area (Å²) < 4.78 is 11.0. The van der Waals surface area contributed by atoms with E-state index in [0.29, 0.717) is 30.3 Å². The van der Waals surface area contributed by atoms with Crippen molar-refractivity contribution < 1.29 is 24.8 Å². The third-order valence-corrected chi connectivity index (χ3v) is 4.29. The van der Waals surface area contributed by atoms with E-state index in [-0.39, 0.29) is 19.3 Å². The van der Waals surface area contributed by atoms with Crippen LogP contribution in [0.25, 0.3) is 0 Å². The standard InChI is InChI=1S/C19H23NO5/c21-11-15(13-4-2-1-3-5-13)20-16(12-22)19(23)14-6-7-17-18(10-14)25-9-8-24-17/h1-7,10,15-16,19-23H,8-9,11-12H2/t15-,16-,19-/m1/s1. The van der Waals surface area contributed by atoms with Crippen LogP contribution in [0.1, 0.15) is 23.3 Å². The zero-order valence-electron chi connectivity index (χ0n) is 13.8. The van der Waals surface area contributed by atoms with Gasteiger partial charge in [-0.2, -0.15) is 0 Å². The number of ether oxygens (including phenoxy) is 2. The summed E-state index contributed by atoms with van der Waals surface area (Å²) >= 11 is 0. The second-order valence-corrected chi connectivity index (χ2v) is 5.95. The molecular weight excluding hydrogens is 322 g/mol. The summed E-state index contributed by atoms with van der Waals surface area (Å²) in [6, 6.07) is 13.6. The smallest absolute Gasteiger partial charge is 0.161 e. The van der Waals surface area contributed by atoms with Gasteiger partial charge in [-0.25, -0.2) is 0 Å². The van der Waals surface area contributed by atoms with Gasteiger partial charge in [0.15, 0.2) is 11.5 Å². The lowest BCUT2D eigenvalue weighted by atomic mass is 9.99. The normalized spacial score (nSPS) is 16.9. The van der Waals surface area contributed by atoms with Crippen LogP contribution in [0.3, 0.4) is 0 Å². The summed E-state index contributed by atoms with van der Waals surface area (Å²) in [5.41, 5.74) is 1.50. The molecule has 0 fully saturated rings. The monoisotopic (exact) mass is 345 g/mol. The first-order valence-electron chi connectivity index (χ1n) is 8.33. The van der Waals surface area contributed by atoms with E-state index in [1.165, 1.54) is 0 Å². The molecule has 6 nitrogen and oxygen atoms in total. The molecule has 134 valence electrons. The van der Waals surface area contributed by atoms with Gasteiger partial charge in [0.2, 0.25) is 0 Å². The molecule has 4 N–H and O–H groups in total. The molecular formula is C19H23NO5. The lowest BCUT2D eigenvalue weighted by molar-refractivity contribution is 0.0758. The Balaban J connectivity index is 1.75. The molecule has 0 spiro atoms. The highest BCUT2D eigenvalue weighted by Crippen LogP contribution is 2.33. The minimum atomic E-state index is -0.960. The van der Waals surface area contributed by atoms with Crippen molar-refractivity contribution in [2.45, 2.75) is 18.2 Å². The highest BCUT2D eigenvalue weighted by molar-refractivity contribution is 5.44. The van der Waals surface area contributed by atoms with Crippen molar-refractivity contribution in [1.29, 1.82) is 0 Å². The summed E-state index contributed by atoms with van der Waals surface area (Å²) in [6.07, 6.45) is -0.960. The Hall–Kier alpha value is -2.12. The molecule has 25 heavy (non-hydrogen) atoms. The van der Waals surface area contributed by atoms with Crippen molar-refractivity contribution in [2.75, 3.05) is 26.4 Å². The number of hydrogen-bond acceptors (Lipinski definition) is 6. The van der Waals surface area contributed by atoms with Crippen LogP contribution >= 0.6 is 0 Å². The van der Waals surface area contributed by atoms with Crippen molar-refractivity contribution in [3.8, 4) is 11.5 Å². The molecule has 3 atom stereocenters. The predicted octanol–water partition coefficient (Wildman–Crippen LogP) is 1.18. The van der Waals surface area contributed by atoms with E-state index >= 15 is 0 Å². The summed E-state index contributed by atoms with van der Waals surface area (Å²) in [6.45, 7) is 0.549. The molecule has 1 aliphatic heterocycles. The van der Waals surface area contributed by atoms with Crippen molar-refractivity contribution >= 4 is 0 Å². The molecule has 6 heteroatoms. The first-order chi connectivity index (χ1) is 12.2. The second-order valence-electron chi connectivity index (χ2n) is 5.95. The van der Waals surface area contributed by atoms with Gasteiger partial charge in [0.1, 0.15) is 13.2 Å². The lowest BCUT2D eigenvalue weighted by Crippen LogP contribution is -2.41. The Kier molecular flexibility index (Phi) is 5.88. The van der Waals surface area contributed by atoms with E-state index in [0.717, 1.165) is 5.56 Å². The first-order valence-corrected chi connectivity index (χ1v) is 8.33. The van der Waals surface area contributed by atoms with Crippen molar-refractivity contribution in [2.24, 2.45) is 0 Å². The number of aliphatic hydroxyl groups excluding tert-OH is 3. The number of fused-ring (bicyclic) bond motifs is 1. The largest absolute Gasteiger partial charge is 0.486 e. The molecule has 0 amide bonds. The molecule has 0 aromatic heterocycles. The Morgan fingerprint density at radius 3 is 2.28 bits per heavy atom. The highest BCUT2D eigenvalue weighted by atomic mass is 16.6. The van der Waals surface area contributed by atoms with Gasteiger partial charge in [-0.05, 0) is 23.3 Å². The molecule has 1 aliphatic rings. The molecule has 1 heterocycles. The van der Waals surface area contributed by atoms with E-state index in [2.05, 4.69) is 5.32 Å². The van der Waals surface area contributed by atoms with Gasteiger partial charge in [0, 0.05) is 0 Å². The first kappa shape index (κ1) is 17.7. The van der Waals surface area contributed by atoms with E-state index < -0.39 is 12.1 Å².